The van der Waals surface area contributed by atoms with E-state index in [0.717, 1.165) is 50.6 Å². The van der Waals surface area contributed by atoms with E-state index >= 15 is 0 Å². The molecule has 4 aromatic carbocycles. The summed E-state index contributed by atoms with van der Waals surface area (Å²) in [6.07, 6.45) is 0. The lowest BCUT2D eigenvalue weighted by Crippen LogP contribution is -2.17. The van der Waals surface area contributed by atoms with Gasteiger partial charge in [0.25, 0.3) is 5.69 Å². The van der Waals surface area contributed by atoms with E-state index in [1.165, 1.54) is 0 Å². The largest absolute Gasteiger partial charge is 0.497 e. The van der Waals surface area contributed by atoms with Crippen molar-refractivity contribution in [3.05, 3.63) is 130 Å². The molecule has 1 unspecified atom stereocenters. The van der Waals surface area contributed by atoms with E-state index < -0.39 is 0 Å². The molecule has 6 heteroatoms. The molecular formula is C29H21N3O3. The van der Waals surface area contributed by atoms with Crippen molar-refractivity contribution < 1.29 is 9.66 Å². The van der Waals surface area contributed by atoms with Crippen molar-refractivity contribution in [1.29, 1.82) is 0 Å². The van der Waals surface area contributed by atoms with Gasteiger partial charge in [0.15, 0.2) is 0 Å². The van der Waals surface area contributed by atoms with Crippen LogP contribution in [0.25, 0.3) is 16.6 Å². The molecule has 1 aromatic heterocycles. The first kappa shape index (κ1) is 20.9. The van der Waals surface area contributed by atoms with E-state index in [-0.39, 0.29) is 16.5 Å². The van der Waals surface area contributed by atoms with Crippen molar-refractivity contribution in [2.24, 2.45) is 4.99 Å². The number of aromatic nitrogens is 1. The van der Waals surface area contributed by atoms with Crippen molar-refractivity contribution in [2.45, 2.75) is 5.92 Å². The number of nitro benzene ring substituents is 1. The van der Waals surface area contributed by atoms with Crippen LogP contribution < -0.4 is 4.74 Å². The summed E-state index contributed by atoms with van der Waals surface area (Å²) in [5, 5.41) is 12.4. The predicted molar refractivity (Wildman–Crippen MR) is 137 cm³/mol. The number of methoxy groups -OCH3 is 1. The number of hydrogen-bond acceptors (Lipinski definition) is 4. The quantitative estimate of drug-likeness (QED) is 0.219. The third-order valence-corrected chi connectivity index (χ3v) is 6.50. The van der Waals surface area contributed by atoms with Crippen LogP contribution in [0.15, 0.2) is 108 Å². The van der Waals surface area contributed by atoms with Crippen molar-refractivity contribution in [3.8, 4) is 11.4 Å². The van der Waals surface area contributed by atoms with E-state index in [4.69, 9.17) is 9.73 Å². The summed E-state index contributed by atoms with van der Waals surface area (Å²) in [5.74, 6) is 0.522. The molecule has 1 aliphatic heterocycles. The first-order valence-corrected chi connectivity index (χ1v) is 11.3. The number of rotatable bonds is 4. The maximum Gasteiger partial charge on any atom is 0.269 e. The number of benzene rings is 4. The van der Waals surface area contributed by atoms with Gasteiger partial charge >= 0.3 is 0 Å². The monoisotopic (exact) mass is 459 g/mol. The molecule has 0 bridgehead atoms. The Morgan fingerprint density at radius 3 is 2.34 bits per heavy atom. The number of hydrogen-bond donors (Lipinski definition) is 0. The van der Waals surface area contributed by atoms with Crippen molar-refractivity contribution in [2.75, 3.05) is 7.11 Å². The molecule has 0 radical (unpaired) electrons. The van der Waals surface area contributed by atoms with Gasteiger partial charge in [-0.1, -0.05) is 42.5 Å². The Balaban J connectivity index is 1.67. The third kappa shape index (κ3) is 3.47. The van der Waals surface area contributed by atoms with Crippen LogP contribution >= 0.6 is 0 Å². The van der Waals surface area contributed by atoms with Crippen LogP contribution in [0, 0.1) is 10.1 Å². The SMILES string of the molecule is COc1ccc(C2=Nc3ccccc3-n3c(cc4ccccc43)C2c2ccc([N+](=O)[O-])cc2)cc1. The van der Waals surface area contributed by atoms with Crippen LogP contribution in [-0.4, -0.2) is 22.3 Å². The molecule has 0 fully saturated rings. The van der Waals surface area contributed by atoms with Gasteiger partial charge in [-0.3, -0.25) is 10.1 Å². The maximum atomic E-state index is 11.3. The smallest absolute Gasteiger partial charge is 0.269 e. The average Bonchev–Trinajstić information content (AvgIpc) is 3.21. The summed E-state index contributed by atoms with van der Waals surface area (Å²) < 4.78 is 7.63. The highest BCUT2D eigenvalue weighted by Gasteiger charge is 2.30. The predicted octanol–water partition coefficient (Wildman–Crippen LogP) is 6.81. The molecule has 1 atom stereocenters. The van der Waals surface area contributed by atoms with Gasteiger partial charge in [0.2, 0.25) is 0 Å². The number of nitrogens with zero attached hydrogens (tertiary/aromatic N) is 3. The normalized spacial score (nSPS) is 14.5. The highest BCUT2D eigenvalue weighted by atomic mass is 16.6. The molecule has 0 saturated carbocycles. The van der Waals surface area contributed by atoms with Gasteiger partial charge in [-0.2, -0.15) is 0 Å². The molecule has 0 spiro atoms. The second kappa shape index (κ2) is 8.25. The Morgan fingerprint density at radius 2 is 1.60 bits per heavy atom. The van der Waals surface area contributed by atoms with Gasteiger partial charge in [0.1, 0.15) is 5.75 Å². The van der Waals surface area contributed by atoms with Crippen LogP contribution in [0.2, 0.25) is 0 Å². The average molecular weight is 460 g/mol. The Hall–Kier alpha value is -4.71. The number of aliphatic imine (C=N–C) groups is 1. The van der Waals surface area contributed by atoms with Crippen LogP contribution in [0.4, 0.5) is 11.4 Å². The van der Waals surface area contributed by atoms with Gasteiger partial charge in [-0.25, -0.2) is 4.99 Å². The molecule has 6 rings (SSSR count). The van der Waals surface area contributed by atoms with E-state index in [1.54, 1.807) is 19.2 Å². The lowest BCUT2D eigenvalue weighted by Gasteiger charge is -2.20. The molecule has 0 N–H and O–H groups in total. The standard InChI is InChI=1S/C29H21N3O3/c1-35-23-16-12-20(13-17-23)29-28(19-10-14-22(15-11-19)32(33)34)27-18-21-6-2-4-8-25(21)31(27)26-9-5-3-7-24(26)30-29/h2-18,28H,1H3. The molecule has 170 valence electrons. The van der Waals surface area contributed by atoms with Crippen LogP contribution in [0.1, 0.15) is 22.7 Å². The molecule has 35 heavy (non-hydrogen) atoms. The van der Waals surface area contributed by atoms with Crippen molar-refractivity contribution in [3.63, 3.8) is 0 Å². The summed E-state index contributed by atoms with van der Waals surface area (Å²) in [7, 11) is 1.65. The van der Waals surface area contributed by atoms with Gasteiger partial charge in [0, 0.05) is 23.2 Å². The summed E-state index contributed by atoms with van der Waals surface area (Å²) in [5.41, 5.74) is 6.84. The molecule has 1 aliphatic rings. The maximum absolute atomic E-state index is 11.3. The second-order valence-electron chi connectivity index (χ2n) is 8.46. The van der Waals surface area contributed by atoms with E-state index in [2.05, 4.69) is 28.8 Å². The minimum Gasteiger partial charge on any atom is -0.497 e. The fourth-order valence-corrected chi connectivity index (χ4v) is 4.85. The Labute approximate surface area is 201 Å². The van der Waals surface area contributed by atoms with Gasteiger partial charge in [0.05, 0.1) is 40.6 Å². The first-order chi connectivity index (χ1) is 17.1. The van der Waals surface area contributed by atoms with Crippen molar-refractivity contribution in [1.82, 2.24) is 4.57 Å². The lowest BCUT2D eigenvalue weighted by atomic mass is 9.87. The zero-order valence-electron chi connectivity index (χ0n) is 19.0. The molecule has 0 aliphatic carbocycles. The number of fused-ring (bicyclic) bond motifs is 5. The highest BCUT2D eigenvalue weighted by Crippen LogP contribution is 2.42. The zero-order chi connectivity index (χ0) is 23.9. The van der Waals surface area contributed by atoms with Crippen LogP contribution in [0.3, 0.4) is 0 Å². The van der Waals surface area contributed by atoms with E-state index in [1.807, 2.05) is 66.7 Å². The van der Waals surface area contributed by atoms with Gasteiger partial charge in [-0.15, -0.1) is 0 Å². The molecule has 6 nitrogen and oxygen atoms in total. The molecule has 0 saturated heterocycles. The lowest BCUT2D eigenvalue weighted by molar-refractivity contribution is -0.384. The summed E-state index contributed by atoms with van der Waals surface area (Å²) in [4.78, 5) is 16.1. The molecular weight excluding hydrogens is 438 g/mol. The number of para-hydroxylation sites is 3. The summed E-state index contributed by atoms with van der Waals surface area (Å²) in [6, 6.07) is 33.3. The van der Waals surface area contributed by atoms with Crippen LogP contribution in [-0.2, 0) is 0 Å². The Morgan fingerprint density at radius 1 is 0.886 bits per heavy atom. The zero-order valence-corrected chi connectivity index (χ0v) is 19.0. The van der Waals surface area contributed by atoms with Gasteiger partial charge < -0.3 is 9.30 Å². The van der Waals surface area contributed by atoms with E-state index in [0.29, 0.717) is 0 Å². The third-order valence-electron chi connectivity index (χ3n) is 6.50. The fourth-order valence-electron chi connectivity index (χ4n) is 4.85. The molecule has 0 amide bonds. The minimum atomic E-state index is -0.373. The Kier molecular flexibility index (Phi) is 4.92. The molecule has 2 heterocycles. The van der Waals surface area contributed by atoms with Crippen LogP contribution in [0.5, 0.6) is 5.75 Å². The first-order valence-electron chi connectivity index (χ1n) is 11.3. The topological polar surface area (TPSA) is 69.7 Å². The fraction of sp³-hybridized carbons (Fsp3) is 0.0690. The molecule has 5 aromatic rings. The summed E-state index contributed by atoms with van der Waals surface area (Å²) >= 11 is 0. The Bertz CT molecular complexity index is 1600. The number of ether oxygens (including phenoxy) is 1. The number of non-ortho nitro benzene ring substituents is 1. The second-order valence-corrected chi connectivity index (χ2v) is 8.46. The van der Waals surface area contributed by atoms with Crippen molar-refractivity contribution >= 4 is 28.0 Å². The summed E-state index contributed by atoms with van der Waals surface area (Å²) in [6.45, 7) is 0. The van der Waals surface area contributed by atoms with Gasteiger partial charge in [-0.05, 0) is 59.7 Å². The highest BCUT2D eigenvalue weighted by molar-refractivity contribution is 6.10. The number of nitro groups is 1. The minimum absolute atomic E-state index is 0.0640. The van der Waals surface area contributed by atoms with E-state index in [9.17, 15) is 10.1 Å².